The molecule has 1 N–H and O–H groups in total. The monoisotopic (exact) mass is 517 g/mol. The van der Waals surface area contributed by atoms with Gasteiger partial charge in [-0.3, -0.25) is 19.9 Å². The second-order valence-corrected chi connectivity index (χ2v) is 9.81. The van der Waals surface area contributed by atoms with Gasteiger partial charge in [-0.2, -0.15) is 0 Å². The minimum Gasteiger partial charge on any atom is -0.381 e. The molecule has 0 radical (unpaired) electrons. The summed E-state index contributed by atoms with van der Waals surface area (Å²) in [5.74, 6) is 0. The van der Waals surface area contributed by atoms with E-state index in [4.69, 9.17) is 0 Å². The molecule has 6 heterocycles. The summed E-state index contributed by atoms with van der Waals surface area (Å²) >= 11 is 0. The number of fused-ring (bicyclic) bond motifs is 6. The predicted molar refractivity (Wildman–Crippen MR) is 160 cm³/mol. The zero-order valence-corrected chi connectivity index (χ0v) is 21.4. The van der Waals surface area contributed by atoms with Gasteiger partial charge in [0.05, 0.1) is 22.1 Å². The first-order chi connectivity index (χ1) is 19.8. The molecule has 2 aromatic carbocycles. The number of nitrogens with one attached hydrogen (secondary N) is 1. The van der Waals surface area contributed by atoms with Crippen LogP contribution in [0, 0.1) is 0 Å². The predicted octanol–water partition coefficient (Wildman–Crippen LogP) is 7.07. The molecule has 6 aromatic heterocycles. The maximum absolute atomic E-state index is 4.33. The molecule has 190 valence electrons. The van der Waals surface area contributed by atoms with Crippen molar-refractivity contribution < 1.29 is 0 Å². The second-order valence-electron chi connectivity index (χ2n) is 9.81. The molecule has 7 nitrogen and oxygen atoms in total. The van der Waals surface area contributed by atoms with Crippen molar-refractivity contribution >= 4 is 49.3 Å². The molecule has 0 amide bonds. The number of hydrogen-bond donors (Lipinski definition) is 1. The Balaban J connectivity index is 1.05. The highest BCUT2D eigenvalue weighted by atomic mass is 15.0. The maximum atomic E-state index is 4.33. The van der Waals surface area contributed by atoms with E-state index in [1.165, 1.54) is 5.56 Å². The van der Waals surface area contributed by atoms with Crippen LogP contribution in [-0.4, -0.2) is 29.1 Å². The summed E-state index contributed by atoms with van der Waals surface area (Å²) in [6, 6.07) is 25.5. The van der Waals surface area contributed by atoms with Crippen molar-refractivity contribution in [2.75, 3.05) is 5.32 Å². The highest BCUT2D eigenvalue weighted by Gasteiger charge is 2.13. The summed E-state index contributed by atoms with van der Waals surface area (Å²) in [5, 5.41) is 7.98. The third kappa shape index (κ3) is 3.52. The van der Waals surface area contributed by atoms with Crippen molar-refractivity contribution in [3.8, 4) is 11.4 Å². The lowest BCUT2D eigenvalue weighted by atomic mass is 10.2. The van der Waals surface area contributed by atoms with Gasteiger partial charge >= 0.3 is 0 Å². The van der Waals surface area contributed by atoms with Crippen LogP contribution in [0.15, 0.2) is 122 Å². The molecule has 0 aliphatic rings. The van der Waals surface area contributed by atoms with Crippen molar-refractivity contribution in [3.05, 3.63) is 128 Å². The molecule has 0 saturated heterocycles. The van der Waals surface area contributed by atoms with Crippen LogP contribution in [0.5, 0.6) is 0 Å². The summed E-state index contributed by atoms with van der Waals surface area (Å²) < 4.78 is 4.53. The molecule has 0 spiro atoms. The molecule has 40 heavy (non-hydrogen) atoms. The van der Waals surface area contributed by atoms with E-state index in [2.05, 4.69) is 107 Å². The molecule has 0 unspecified atom stereocenters. The summed E-state index contributed by atoms with van der Waals surface area (Å²) in [7, 11) is 0. The Morgan fingerprint density at radius 1 is 0.450 bits per heavy atom. The Hall–Kier alpha value is -5.56. The molecular formula is C33H23N7. The number of hydrogen-bond acceptors (Lipinski definition) is 5. The molecule has 0 aliphatic heterocycles. The fourth-order valence-electron chi connectivity index (χ4n) is 5.67. The normalized spacial score (nSPS) is 11.6. The highest BCUT2D eigenvalue weighted by molar-refractivity contribution is 6.09. The Morgan fingerprint density at radius 3 is 1.23 bits per heavy atom. The summed E-state index contributed by atoms with van der Waals surface area (Å²) in [6.45, 7) is 0.730. The zero-order valence-electron chi connectivity index (χ0n) is 21.4. The Bertz CT molecular complexity index is 1890. The van der Waals surface area contributed by atoms with Gasteiger partial charge in [0, 0.05) is 94.7 Å². The van der Waals surface area contributed by atoms with Gasteiger partial charge in [-0.05, 0) is 66.2 Å². The smallest absolute Gasteiger partial charge is 0.0572 e. The molecule has 0 saturated carbocycles. The van der Waals surface area contributed by atoms with Crippen molar-refractivity contribution in [2.45, 2.75) is 6.54 Å². The fourth-order valence-corrected chi connectivity index (χ4v) is 5.67. The average molecular weight is 518 g/mol. The molecule has 0 bridgehead atoms. The number of anilines is 1. The topological polar surface area (TPSA) is 73.5 Å². The quantitative estimate of drug-likeness (QED) is 0.264. The third-order valence-electron chi connectivity index (χ3n) is 7.55. The van der Waals surface area contributed by atoms with Gasteiger partial charge in [-0.25, -0.2) is 0 Å². The van der Waals surface area contributed by atoms with E-state index in [-0.39, 0.29) is 0 Å². The summed E-state index contributed by atoms with van der Waals surface area (Å²) in [4.78, 5) is 17.3. The van der Waals surface area contributed by atoms with E-state index in [1.807, 2.05) is 49.6 Å². The molecule has 0 fully saturated rings. The average Bonchev–Trinajstić information content (AvgIpc) is 3.54. The van der Waals surface area contributed by atoms with Gasteiger partial charge in [0.2, 0.25) is 0 Å². The Labute approximate surface area is 229 Å². The molecule has 8 aromatic rings. The van der Waals surface area contributed by atoms with E-state index in [1.54, 1.807) is 0 Å². The number of benzene rings is 2. The fraction of sp³-hybridized carbons (Fsp3) is 0.0303. The van der Waals surface area contributed by atoms with Crippen molar-refractivity contribution in [1.29, 1.82) is 0 Å². The van der Waals surface area contributed by atoms with Gasteiger partial charge in [0.25, 0.3) is 0 Å². The van der Waals surface area contributed by atoms with Crippen molar-refractivity contribution in [2.24, 2.45) is 0 Å². The van der Waals surface area contributed by atoms with Gasteiger partial charge in [0.15, 0.2) is 0 Å². The lowest BCUT2D eigenvalue weighted by Gasteiger charge is -2.12. The van der Waals surface area contributed by atoms with Gasteiger partial charge in [-0.1, -0.05) is 12.1 Å². The minimum absolute atomic E-state index is 0.730. The largest absolute Gasteiger partial charge is 0.381 e. The van der Waals surface area contributed by atoms with E-state index in [9.17, 15) is 0 Å². The van der Waals surface area contributed by atoms with Gasteiger partial charge in [0.1, 0.15) is 0 Å². The maximum Gasteiger partial charge on any atom is 0.0572 e. The first-order valence-corrected chi connectivity index (χ1v) is 13.1. The van der Waals surface area contributed by atoms with Gasteiger partial charge in [-0.15, -0.1) is 0 Å². The molecule has 0 aliphatic carbocycles. The Kier molecular flexibility index (Phi) is 5.06. The summed E-state index contributed by atoms with van der Waals surface area (Å²) in [5.41, 5.74) is 8.98. The number of nitrogens with zero attached hydrogens (tertiary/aromatic N) is 6. The SMILES string of the molecule is c1cc2c(cn1)c1cnccc1n2-c1ccc(CNc2ccc(-n3c4ccncc4c4cnccc43)cc2)cc1. The lowest BCUT2D eigenvalue weighted by Crippen LogP contribution is -2.01. The van der Waals surface area contributed by atoms with Crippen molar-refractivity contribution in [1.82, 2.24) is 29.1 Å². The van der Waals surface area contributed by atoms with Crippen LogP contribution in [0.2, 0.25) is 0 Å². The van der Waals surface area contributed by atoms with Crippen LogP contribution in [0.25, 0.3) is 55.0 Å². The summed E-state index contributed by atoms with van der Waals surface area (Å²) in [6.07, 6.45) is 15.0. The van der Waals surface area contributed by atoms with E-state index < -0.39 is 0 Å². The molecule has 0 atom stereocenters. The van der Waals surface area contributed by atoms with Crippen LogP contribution in [0.4, 0.5) is 5.69 Å². The van der Waals surface area contributed by atoms with Gasteiger partial charge < -0.3 is 14.5 Å². The van der Waals surface area contributed by atoms with Crippen LogP contribution in [0.3, 0.4) is 0 Å². The van der Waals surface area contributed by atoms with Crippen molar-refractivity contribution in [3.63, 3.8) is 0 Å². The number of pyridine rings is 4. The zero-order chi connectivity index (χ0) is 26.5. The third-order valence-corrected chi connectivity index (χ3v) is 7.55. The number of rotatable bonds is 5. The van der Waals surface area contributed by atoms with Crippen LogP contribution < -0.4 is 5.32 Å². The molecule has 8 rings (SSSR count). The van der Waals surface area contributed by atoms with E-state index in [0.29, 0.717) is 0 Å². The molecule has 7 heteroatoms. The lowest BCUT2D eigenvalue weighted by molar-refractivity contribution is 1.12. The highest BCUT2D eigenvalue weighted by Crippen LogP contribution is 2.32. The molecular weight excluding hydrogens is 494 g/mol. The first-order valence-electron chi connectivity index (χ1n) is 13.1. The van der Waals surface area contributed by atoms with E-state index >= 15 is 0 Å². The Morgan fingerprint density at radius 2 is 0.825 bits per heavy atom. The van der Waals surface area contributed by atoms with Crippen LogP contribution in [-0.2, 0) is 6.54 Å². The minimum atomic E-state index is 0.730. The number of aromatic nitrogens is 6. The van der Waals surface area contributed by atoms with E-state index in [0.717, 1.165) is 67.2 Å². The van der Waals surface area contributed by atoms with Crippen LogP contribution >= 0.6 is 0 Å². The first kappa shape index (κ1) is 22.4. The second kappa shape index (κ2) is 9.03. The standard InChI is InChI=1S/C33H23N7/c1-5-24(39-30-9-13-34-18-26(30)27-19-35-14-10-31(27)39)6-2-22(1)17-38-23-3-7-25(8-4-23)40-32-11-15-36-20-28(32)29-21-37-16-12-33(29)40/h1-16,18-21,38H,17H2. The van der Waals surface area contributed by atoms with Crippen LogP contribution in [0.1, 0.15) is 5.56 Å².